The second kappa shape index (κ2) is 5.16. The van der Waals surface area contributed by atoms with Crippen molar-refractivity contribution in [2.75, 3.05) is 21.3 Å². The lowest BCUT2D eigenvalue weighted by Crippen LogP contribution is -2.09. The summed E-state index contributed by atoms with van der Waals surface area (Å²) in [6, 6.07) is 6.74. The highest BCUT2D eigenvalue weighted by Crippen LogP contribution is 2.42. The zero-order valence-electron chi connectivity index (χ0n) is 8.89. The normalized spacial score (nSPS) is 14.3. The molecule has 1 aromatic rings. The van der Waals surface area contributed by atoms with Gasteiger partial charge >= 0.3 is 7.75 Å². The van der Waals surface area contributed by atoms with Gasteiger partial charge in [0.25, 0.3) is 0 Å². The van der Waals surface area contributed by atoms with Crippen molar-refractivity contribution in [2.45, 2.75) is 0 Å². The standard InChI is InChI=1S/C9H14NO4P/c1-10-15(11,13-3)14-9-6-4-8(12-2)5-7-9/h4-7H,1-3H3,(H,10,11). The van der Waals surface area contributed by atoms with Crippen LogP contribution in [0.2, 0.25) is 0 Å². The summed E-state index contributed by atoms with van der Waals surface area (Å²) in [5.74, 6) is 1.16. The van der Waals surface area contributed by atoms with Gasteiger partial charge in [0.1, 0.15) is 11.5 Å². The molecule has 0 aromatic heterocycles. The molecule has 0 bridgehead atoms. The summed E-state index contributed by atoms with van der Waals surface area (Å²) < 4.78 is 26.6. The molecule has 15 heavy (non-hydrogen) atoms. The van der Waals surface area contributed by atoms with Crippen LogP contribution in [0.3, 0.4) is 0 Å². The van der Waals surface area contributed by atoms with Crippen LogP contribution in [0.5, 0.6) is 11.5 Å². The monoisotopic (exact) mass is 231 g/mol. The van der Waals surface area contributed by atoms with Gasteiger partial charge in [-0.05, 0) is 31.3 Å². The van der Waals surface area contributed by atoms with Crippen LogP contribution in [0.1, 0.15) is 0 Å². The van der Waals surface area contributed by atoms with E-state index in [9.17, 15) is 4.57 Å². The Morgan fingerprint density at radius 2 is 1.67 bits per heavy atom. The van der Waals surface area contributed by atoms with E-state index < -0.39 is 7.75 Å². The fraction of sp³-hybridized carbons (Fsp3) is 0.333. The number of hydrogen-bond donors (Lipinski definition) is 1. The Morgan fingerprint density at radius 1 is 1.13 bits per heavy atom. The Hall–Kier alpha value is -1.03. The molecule has 0 radical (unpaired) electrons. The van der Waals surface area contributed by atoms with Crippen LogP contribution in [0.15, 0.2) is 24.3 Å². The van der Waals surface area contributed by atoms with Crippen LogP contribution in [0.25, 0.3) is 0 Å². The molecular formula is C9H14NO4P. The Balaban J connectivity index is 2.76. The quantitative estimate of drug-likeness (QED) is 0.786. The predicted octanol–water partition coefficient (Wildman–Crippen LogP) is 2.05. The molecule has 1 N–H and O–H groups in total. The van der Waals surface area contributed by atoms with Crippen molar-refractivity contribution in [3.05, 3.63) is 24.3 Å². The van der Waals surface area contributed by atoms with E-state index in [0.29, 0.717) is 11.5 Å². The lowest BCUT2D eigenvalue weighted by Gasteiger charge is -2.15. The summed E-state index contributed by atoms with van der Waals surface area (Å²) in [5, 5.41) is 2.49. The SMILES string of the molecule is CNP(=O)(OC)Oc1ccc(OC)cc1. The molecular weight excluding hydrogens is 217 g/mol. The summed E-state index contributed by atoms with van der Waals surface area (Å²) in [5.41, 5.74) is 0. The van der Waals surface area contributed by atoms with Crippen molar-refractivity contribution >= 4 is 7.75 Å². The molecule has 0 amide bonds. The van der Waals surface area contributed by atoms with Crippen LogP contribution in [-0.2, 0) is 9.09 Å². The molecule has 1 atom stereocenters. The molecule has 5 nitrogen and oxygen atoms in total. The van der Waals surface area contributed by atoms with Crippen molar-refractivity contribution in [2.24, 2.45) is 0 Å². The van der Waals surface area contributed by atoms with Gasteiger partial charge < -0.3 is 9.26 Å². The molecule has 1 aromatic carbocycles. The third-order valence-electron chi connectivity index (χ3n) is 1.80. The molecule has 1 unspecified atom stereocenters. The maximum absolute atomic E-state index is 11.7. The smallest absolute Gasteiger partial charge is 0.458 e. The van der Waals surface area contributed by atoms with E-state index in [4.69, 9.17) is 13.8 Å². The first-order chi connectivity index (χ1) is 7.13. The van der Waals surface area contributed by atoms with Gasteiger partial charge in [-0.25, -0.2) is 9.65 Å². The fourth-order valence-electron chi connectivity index (χ4n) is 0.950. The van der Waals surface area contributed by atoms with E-state index in [0.717, 1.165) is 0 Å². The Morgan fingerprint density at radius 3 is 2.07 bits per heavy atom. The molecule has 0 aliphatic carbocycles. The molecule has 0 aliphatic rings. The minimum Gasteiger partial charge on any atom is -0.497 e. The topological polar surface area (TPSA) is 56.8 Å². The highest BCUT2D eigenvalue weighted by molar-refractivity contribution is 7.52. The summed E-state index contributed by atoms with van der Waals surface area (Å²) in [6.45, 7) is 0. The summed E-state index contributed by atoms with van der Waals surface area (Å²) in [6.07, 6.45) is 0. The molecule has 0 spiro atoms. The highest BCUT2D eigenvalue weighted by Gasteiger charge is 2.21. The van der Waals surface area contributed by atoms with Crippen molar-refractivity contribution in [3.8, 4) is 11.5 Å². The van der Waals surface area contributed by atoms with Gasteiger partial charge in [-0.2, -0.15) is 0 Å². The molecule has 84 valence electrons. The fourth-order valence-corrected chi connectivity index (χ4v) is 1.70. The van der Waals surface area contributed by atoms with Gasteiger partial charge in [-0.3, -0.25) is 4.52 Å². The van der Waals surface area contributed by atoms with Gasteiger partial charge in [0, 0.05) is 7.11 Å². The largest absolute Gasteiger partial charge is 0.497 e. The minimum absolute atomic E-state index is 0.454. The molecule has 0 aliphatic heterocycles. The highest BCUT2D eigenvalue weighted by atomic mass is 31.2. The lowest BCUT2D eigenvalue weighted by atomic mass is 10.3. The second-order valence-electron chi connectivity index (χ2n) is 2.67. The number of benzene rings is 1. The van der Waals surface area contributed by atoms with Crippen molar-refractivity contribution in [1.82, 2.24) is 5.09 Å². The van der Waals surface area contributed by atoms with Gasteiger partial charge in [-0.15, -0.1) is 0 Å². The average Bonchev–Trinajstić information content (AvgIpc) is 2.30. The van der Waals surface area contributed by atoms with Crippen molar-refractivity contribution < 1.29 is 18.3 Å². The Bertz CT molecular complexity index is 344. The van der Waals surface area contributed by atoms with Gasteiger partial charge in [-0.1, -0.05) is 0 Å². The molecule has 1 rings (SSSR count). The Labute approximate surface area is 88.9 Å². The predicted molar refractivity (Wildman–Crippen MR) is 57.3 cm³/mol. The van der Waals surface area contributed by atoms with Gasteiger partial charge in [0.2, 0.25) is 0 Å². The maximum Gasteiger partial charge on any atom is 0.458 e. The first-order valence-corrected chi connectivity index (χ1v) is 5.86. The summed E-state index contributed by atoms with van der Waals surface area (Å²) >= 11 is 0. The summed E-state index contributed by atoms with van der Waals surface area (Å²) in [4.78, 5) is 0. The van der Waals surface area contributed by atoms with Crippen LogP contribution < -0.4 is 14.3 Å². The third kappa shape index (κ3) is 3.23. The first-order valence-electron chi connectivity index (χ1n) is 4.32. The minimum atomic E-state index is -3.22. The lowest BCUT2D eigenvalue weighted by molar-refractivity contribution is 0.313. The van der Waals surface area contributed by atoms with Crippen molar-refractivity contribution in [3.63, 3.8) is 0 Å². The number of ether oxygens (including phenoxy) is 1. The van der Waals surface area contributed by atoms with Gasteiger partial charge in [0.05, 0.1) is 7.11 Å². The van der Waals surface area contributed by atoms with E-state index in [1.54, 1.807) is 31.4 Å². The molecule has 0 saturated carbocycles. The molecule has 0 fully saturated rings. The number of rotatable bonds is 5. The van der Waals surface area contributed by atoms with Gasteiger partial charge in [0.15, 0.2) is 0 Å². The zero-order valence-corrected chi connectivity index (χ0v) is 9.78. The van der Waals surface area contributed by atoms with Crippen molar-refractivity contribution in [1.29, 1.82) is 0 Å². The number of nitrogens with one attached hydrogen (secondary N) is 1. The van der Waals surface area contributed by atoms with Crippen LogP contribution in [0.4, 0.5) is 0 Å². The van der Waals surface area contributed by atoms with E-state index in [1.165, 1.54) is 14.2 Å². The van der Waals surface area contributed by atoms with Crippen LogP contribution in [-0.4, -0.2) is 21.3 Å². The molecule has 0 heterocycles. The Kier molecular flexibility index (Phi) is 4.15. The average molecular weight is 231 g/mol. The maximum atomic E-state index is 11.7. The molecule has 0 saturated heterocycles. The van der Waals surface area contributed by atoms with E-state index in [2.05, 4.69) is 5.09 Å². The van der Waals surface area contributed by atoms with E-state index in [-0.39, 0.29) is 0 Å². The number of hydrogen-bond acceptors (Lipinski definition) is 4. The summed E-state index contributed by atoms with van der Waals surface area (Å²) in [7, 11) is 1.18. The molecule has 6 heteroatoms. The van der Waals surface area contributed by atoms with Crippen LogP contribution >= 0.6 is 7.75 Å². The third-order valence-corrected chi connectivity index (χ3v) is 3.28. The first kappa shape index (κ1) is 12.0. The second-order valence-corrected chi connectivity index (χ2v) is 4.66. The van der Waals surface area contributed by atoms with E-state index >= 15 is 0 Å². The van der Waals surface area contributed by atoms with E-state index in [1.807, 2.05) is 0 Å². The van der Waals surface area contributed by atoms with Crippen LogP contribution in [0, 0.1) is 0 Å². The number of methoxy groups -OCH3 is 1. The zero-order chi connectivity index (χ0) is 11.3.